The maximum Gasteiger partial charge on any atom is 0.152 e. The number of likely N-dealkylation sites (N-methyl/N-ethyl adjacent to an activating group) is 1. The van der Waals surface area contributed by atoms with E-state index in [1.165, 1.54) is 6.33 Å². The quantitative estimate of drug-likeness (QED) is 0.788. The summed E-state index contributed by atoms with van der Waals surface area (Å²) in [4.78, 5) is 10.5. The number of aromatic nitrogens is 2. The van der Waals surface area contributed by atoms with Crippen LogP contribution in [0.15, 0.2) is 16.9 Å². The number of halogens is 2. The monoisotopic (exact) mass is 352 g/mol. The van der Waals surface area contributed by atoms with Crippen molar-refractivity contribution in [1.29, 1.82) is 5.26 Å². The summed E-state index contributed by atoms with van der Waals surface area (Å²) in [5.41, 5.74) is 0.755. The van der Waals surface area contributed by atoms with Crippen LogP contribution in [0.3, 0.4) is 0 Å². The van der Waals surface area contributed by atoms with Crippen LogP contribution in [0.4, 0.5) is 5.82 Å². The molecule has 0 unspecified atom stereocenters. The van der Waals surface area contributed by atoms with Crippen molar-refractivity contribution in [2.45, 2.75) is 12.5 Å². The van der Waals surface area contributed by atoms with Gasteiger partial charge in [0.05, 0.1) is 34.5 Å². The molecule has 0 radical (unpaired) electrons. The highest BCUT2D eigenvalue weighted by molar-refractivity contribution is 9.10. The molecule has 0 N–H and O–H groups in total. The number of nitriles is 1. The van der Waals surface area contributed by atoms with Gasteiger partial charge in [0.15, 0.2) is 5.75 Å². The topological polar surface area (TPSA) is 62.0 Å². The maximum absolute atomic E-state index is 8.94. The molecule has 2 heterocycles. The molecule has 1 aromatic heterocycles. The van der Waals surface area contributed by atoms with E-state index in [1.54, 1.807) is 0 Å². The van der Waals surface area contributed by atoms with Gasteiger partial charge in [0.1, 0.15) is 18.8 Å². The van der Waals surface area contributed by atoms with Crippen LogP contribution in [0.25, 0.3) is 10.9 Å². The van der Waals surface area contributed by atoms with Crippen molar-refractivity contribution in [2.24, 2.45) is 0 Å². The van der Waals surface area contributed by atoms with E-state index in [4.69, 9.17) is 21.6 Å². The molecule has 3 rings (SSSR count). The SMILES string of the molecule is CN1c2ncnc3cc(Br)c(Cl)c(c23)OC[C@@H]1CC#N. The van der Waals surface area contributed by atoms with Gasteiger partial charge in [-0.3, -0.25) is 0 Å². The van der Waals surface area contributed by atoms with E-state index in [0.717, 1.165) is 21.2 Å². The highest BCUT2D eigenvalue weighted by atomic mass is 79.9. The van der Waals surface area contributed by atoms with Crippen molar-refractivity contribution in [2.75, 3.05) is 18.6 Å². The number of rotatable bonds is 1. The lowest BCUT2D eigenvalue weighted by Crippen LogP contribution is -2.35. The Bertz CT molecular complexity index is 730. The van der Waals surface area contributed by atoms with Crippen molar-refractivity contribution >= 4 is 44.3 Å². The van der Waals surface area contributed by atoms with Gasteiger partial charge in [-0.15, -0.1) is 0 Å². The molecule has 1 atom stereocenters. The summed E-state index contributed by atoms with van der Waals surface area (Å²) < 4.78 is 6.56. The summed E-state index contributed by atoms with van der Waals surface area (Å²) in [5, 5.41) is 10.2. The van der Waals surface area contributed by atoms with E-state index in [0.29, 0.717) is 23.8 Å². The van der Waals surface area contributed by atoms with Gasteiger partial charge in [-0.05, 0) is 22.0 Å². The summed E-state index contributed by atoms with van der Waals surface area (Å²) >= 11 is 9.72. The number of benzene rings is 1. The number of anilines is 1. The third kappa shape index (κ3) is 1.98. The average molecular weight is 354 g/mol. The minimum atomic E-state index is -0.0691. The minimum absolute atomic E-state index is 0.0691. The van der Waals surface area contributed by atoms with Crippen molar-refractivity contribution in [1.82, 2.24) is 9.97 Å². The molecule has 0 saturated heterocycles. The Hall–Kier alpha value is -1.58. The molecule has 0 saturated carbocycles. The fraction of sp³-hybridized carbons (Fsp3) is 0.308. The fourth-order valence-electron chi connectivity index (χ4n) is 2.29. The highest BCUT2D eigenvalue weighted by Crippen LogP contribution is 2.43. The Morgan fingerprint density at radius 3 is 3.15 bits per heavy atom. The predicted molar refractivity (Wildman–Crippen MR) is 80.2 cm³/mol. The van der Waals surface area contributed by atoms with Crippen LogP contribution < -0.4 is 9.64 Å². The van der Waals surface area contributed by atoms with Gasteiger partial charge < -0.3 is 9.64 Å². The first-order valence-electron chi connectivity index (χ1n) is 5.98. The fourth-order valence-corrected chi connectivity index (χ4v) is 2.89. The molecule has 1 aromatic carbocycles. The Balaban J connectivity index is 2.29. The second-order valence-corrected chi connectivity index (χ2v) is 5.76. The van der Waals surface area contributed by atoms with E-state index in [1.807, 2.05) is 18.0 Å². The third-order valence-corrected chi connectivity index (χ3v) is 4.61. The maximum atomic E-state index is 8.94. The molecular weight excluding hydrogens is 344 g/mol. The van der Waals surface area contributed by atoms with Crippen molar-refractivity contribution in [3.63, 3.8) is 0 Å². The zero-order chi connectivity index (χ0) is 14.3. The molecule has 2 aromatic rings. The lowest BCUT2D eigenvalue weighted by molar-refractivity contribution is 0.293. The van der Waals surface area contributed by atoms with Crippen LogP contribution >= 0.6 is 27.5 Å². The molecule has 0 aliphatic carbocycles. The van der Waals surface area contributed by atoms with Crippen LogP contribution in [0.1, 0.15) is 6.42 Å². The Kier molecular flexibility index (Phi) is 3.40. The molecule has 102 valence electrons. The number of ether oxygens (including phenoxy) is 1. The average Bonchev–Trinajstić information content (AvgIpc) is 2.58. The molecule has 1 aliphatic heterocycles. The molecule has 1 aliphatic rings. The van der Waals surface area contributed by atoms with Gasteiger partial charge in [-0.25, -0.2) is 9.97 Å². The van der Waals surface area contributed by atoms with Crippen LogP contribution in [-0.2, 0) is 0 Å². The first-order chi connectivity index (χ1) is 9.63. The summed E-state index contributed by atoms with van der Waals surface area (Å²) in [5.74, 6) is 1.30. The van der Waals surface area contributed by atoms with E-state index in [-0.39, 0.29) is 6.04 Å². The Morgan fingerprint density at radius 2 is 2.40 bits per heavy atom. The summed E-state index contributed by atoms with van der Waals surface area (Å²) in [7, 11) is 1.90. The van der Waals surface area contributed by atoms with Crippen molar-refractivity contribution in [3.8, 4) is 11.8 Å². The zero-order valence-electron chi connectivity index (χ0n) is 10.6. The van der Waals surface area contributed by atoms with Crippen molar-refractivity contribution in [3.05, 3.63) is 21.9 Å². The number of hydrogen-bond donors (Lipinski definition) is 0. The lowest BCUT2D eigenvalue weighted by Gasteiger charge is -2.24. The molecule has 7 heteroatoms. The van der Waals surface area contributed by atoms with Crippen LogP contribution in [0.2, 0.25) is 5.02 Å². The second-order valence-electron chi connectivity index (χ2n) is 4.53. The molecule has 0 bridgehead atoms. The van der Waals surface area contributed by atoms with E-state index in [9.17, 15) is 0 Å². The van der Waals surface area contributed by atoms with Gasteiger partial charge in [-0.1, -0.05) is 11.6 Å². The molecular formula is C13H10BrClN4O. The molecule has 20 heavy (non-hydrogen) atoms. The molecule has 0 fully saturated rings. The molecule has 0 spiro atoms. The Morgan fingerprint density at radius 1 is 1.60 bits per heavy atom. The summed E-state index contributed by atoms with van der Waals surface area (Å²) in [6, 6.07) is 3.95. The van der Waals surface area contributed by atoms with Crippen LogP contribution in [-0.4, -0.2) is 29.7 Å². The second kappa shape index (κ2) is 5.08. The van der Waals surface area contributed by atoms with E-state index in [2.05, 4.69) is 32.0 Å². The molecule has 0 amide bonds. The first kappa shape index (κ1) is 13.4. The van der Waals surface area contributed by atoms with Crippen LogP contribution in [0, 0.1) is 11.3 Å². The van der Waals surface area contributed by atoms with Crippen molar-refractivity contribution < 1.29 is 4.74 Å². The smallest absolute Gasteiger partial charge is 0.152 e. The largest absolute Gasteiger partial charge is 0.489 e. The third-order valence-electron chi connectivity index (χ3n) is 3.38. The zero-order valence-corrected chi connectivity index (χ0v) is 12.9. The molecule has 5 nitrogen and oxygen atoms in total. The van der Waals surface area contributed by atoms with Gasteiger partial charge >= 0.3 is 0 Å². The van der Waals surface area contributed by atoms with Gasteiger partial charge in [0, 0.05) is 11.5 Å². The standard InChI is InChI=1S/C13H10BrClN4O/c1-19-7(2-3-16)5-20-12-10-9(4-8(14)11(12)15)17-6-18-13(10)19/h4,6-7H,2,5H2,1H3/t7-/m0/s1. The number of hydrogen-bond acceptors (Lipinski definition) is 5. The lowest BCUT2D eigenvalue weighted by atomic mass is 10.2. The van der Waals surface area contributed by atoms with Gasteiger partial charge in [-0.2, -0.15) is 5.26 Å². The summed E-state index contributed by atoms with van der Waals surface area (Å²) in [6.45, 7) is 0.381. The van der Waals surface area contributed by atoms with Crippen LogP contribution in [0.5, 0.6) is 5.75 Å². The highest BCUT2D eigenvalue weighted by Gasteiger charge is 2.27. The number of nitrogens with zero attached hydrogens (tertiary/aromatic N) is 4. The van der Waals surface area contributed by atoms with E-state index < -0.39 is 0 Å². The normalized spacial score (nSPS) is 17.5. The minimum Gasteiger partial charge on any atom is -0.489 e. The van der Waals surface area contributed by atoms with Gasteiger partial charge in [0.2, 0.25) is 0 Å². The van der Waals surface area contributed by atoms with Gasteiger partial charge in [0.25, 0.3) is 0 Å². The Labute approximate surface area is 129 Å². The van der Waals surface area contributed by atoms with E-state index >= 15 is 0 Å². The summed E-state index contributed by atoms with van der Waals surface area (Å²) in [6.07, 6.45) is 1.86. The first-order valence-corrected chi connectivity index (χ1v) is 7.16. The predicted octanol–water partition coefficient (Wildman–Crippen LogP) is 3.16.